The van der Waals surface area contributed by atoms with E-state index < -0.39 is 10.7 Å². The summed E-state index contributed by atoms with van der Waals surface area (Å²) in [4.78, 5) is 6.19. The van der Waals surface area contributed by atoms with E-state index in [1.165, 1.54) is 0 Å². The molecule has 0 aromatic heterocycles. The molecule has 0 rings (SSSR count). The Kier molecular flexibility index (Phi) is 52.2. The van der Waals surface area contributed by atoms with Gasteiger partial charge in [0.25, 0.3) is 0 Å². The molecule has 0 heterocycles. The quantitative estimate of drug-likeness (QED) is 0.324. The first-order valence-corrected chi connectivity index (χ1v) is 5.71. The first-order valence-electron chi connectivity index (χ1n) is 2.40. The molecule has 0 spiro atoms. The molecule has 0 aromatic rings. The van der Waals surface area contributed by atoms with E-state index in [9.17, 15) is 0 Å². The van der Waals surface area contributed by atoms with Crippen LogP contribution in [0.1, 0.15) is 0 Å². The minimum absolute atomic E-state index is 0. The van der Waals surface area contributed by atoms with E-state index in [0.717, 1.165) is 29.8 Å². The van der Waals surface area contributed by atoms with Crippen LogP contribution in [0.3, 0.4) is 0 Å². The molecule has 0 saturated carbocycles. The molecule has 20 heavy (non-hydrogen) atoms. The monoisotopic (exact) mass is 466 g/mol. The minimum atomic E-state index is -6.17. The third kappa shape index (κ3) is 10.5. The molecule has 6 nitrogen and oxygen atoms in total. The van der Waals surface area contributed by atoms with Crippen LogP contribution < -0.4 is 269 Å². The van der Waals surface area contributed by atoms with Crippen molar-refractivity contribution in [2.45, 2.75) is 0 Å². The number of rotatable bonds is 0. The third-order valence-electron chi connectivity index (χ3n) is 1.19. The fraction of sp³-hybridized carbons (Fsp3) is 0. The van der Waals surface area contributed by atoms with Crippen LogP contribution in [0.5, 0.6) is 0 Å². The molecule has 0 aliphatic rings. The van der Waals surface area contributed by atoms with Gasteiger partial charge in [-0.3, -0.25) is 0 Å². The molecule has 0 amide bonds. The van der Waals surface area contributed by atoms with Crippen molar-refractivity contribution in [3.05, 3.63) is 0 Å². The zero-order valence-electron chi connectivity index (χ0n) is 11.4. The zero-order valence-corrected chi connectivity index (χ0v) is 28.9. The van der Waals surface area contributed by atoms with Gasteiger partial charge in [-0.1, -0.05) is 0 Å². The van der Waals surface area contributed by atoms with Crippen molar-refractivity contribution in [1.82, 2.24) is 0 Å². The van der Waals surface area contributed by atoms with Crippen LogP contribution in [0.4, 0.5) is 0 Å². The standard InChI is InChI=1S/6CN.ClH.Fe.5K.Na.H/c6*1-2;;;;;;;;;/h;;;;;;1H;;;;;;;;/q;;;;;;;-4;5*+1;;/p-1. The average Bonchev–Trinajstić information content (AvgIpc) is 2.26. The van der Waals surface area contributed by atoms with Gasteiger partial charge in [-0.15, -0.1) is 0 Å². The Morgan fingerprint density at radius 3 is 0.550 bits per heavy atom. The molecule has 76 valence electrons. The molecule has 0 aliphatic heterocycles. The number of hydrogen-bond donors (Lipinski definition) is 0. The Bertz CT molecular complexity index is 414. The normalized spacial score (nSPS) is 8.70. The second-order valence-electron chi connectivity index (χ2n) is 1.80. The summed E-state index contributed by atoms with van der Waals surface area (Å²) < 4.78 is 0. The predicted octanol–water partition coefficient (Wildman–Crippen LogP) is -18.5. The molecule has 0 fully saturated rings. The predicted molar refractivity (Wildman–Crippen MR) is 40.8 cm³/mol. The van der Waals surface area contributed by atoms with Crippen molar-refractivity contribution in [2.24, 2.45) is 0 Å². The van der Waals surface area contributed by atoms with Crippen LogP contribution in [-0.2, 0) is 10.7 Å². The Balaban J connectivity index is -0.0000000343. The molecular formula is C6HClFeK5N6Na. The summed E-state index contributed by atoms with van der Waals surface area (Å²) in [6.45, 7) is 0. The van der Waals surface area contributed by atoms with Crippen molar-refractivity contribution in [2.75, 3.05) is 0 Å². The molecule has 0 aromatic carbocycles. The fourth-order valence-electron chi connectivity index (χ4n) is 0.265. The van der Waals surface area contributed by atoms with Gasteiger partial charge in [0.2, 0.25) is 0 Å². The van der Waals surface area contributed by atoms with Gasteiger partial charge in [0, 0.05) is 0 Å². The van der Waals surface area contributed by atoms with E-state index in [2.05, 4.69) is 0 Å². The maximum atomic E-state index is 8.58. The summed E-state index contributed by atoms with van der Waals surface area (Å²) >= 11 is 0. The van der Waals surface area contributed by atoms with Crippen LogP contribution in [0.15, 0.2) is 0 Å². The fourth-order valence-corrected chi connectivity index (χ4v) is 1.09. The summed E-state index contributed by atoms with van der Waals surface area (Å²) in [5.74, 6) is 0. The van der Waals surface area contributed by atoms with E-state index in [-0.39, 0.29) is 299 Å². The topological polar surface area (TPSA) is 143 Å². The van der Waals surface area contributed by atoms with Crippen molar-refractivity contribution in [1.29, 1.82) is 31.6 Å². The van der Waals surface area contributed by atoms with Gasteiger partial charge < -0.3 is 12.4 Å². The van der Waals surface area contributed by atoms with E-state index in [4.69, 9.17) is 31.6 Å². The summed E-state index contributed by atoms with van der Waals surface area (Å²) in [5.41, 5.74) is 0. The van der Waals surface area contributed by atoms with Gasteiger partial charge in [0.15, 0.2) is 0 Å². The summed E-state index contributed by atoms with van der Waals surface area (Å²) in [5, 5.41) is 51.5. The van der Waals surface area contributed by atoms with Crippen LogP contribution in [0.25, 0.3) is 0 Å². The number of nitrogens with zero attached hydrogens (tertiary/aromatic N) is 6. The first kappa shape index (κ1) is 50.5. The summed E-state index contributed by atoms with van der Waals surface area (Å²) in [7, 11) is -6.17. The molecule has 0 aliphatic carbocycles. The summed E-state index contributed by atoms with van der Waals surface area (Å²) in [6.07, 6.45) is 0. The Hall–Kier alpha value is 6.93. The molecule has 14 heteroatoms. The van der Waals surface area contributed by atoms with Crippen molar-refractivity contribution in [3.8, 4) is 29.8 Å². The molecule has 0 atom stereocenters. The van der Waals surface area contributed by atoms with Crippen LogP contribution >= 0.6 is 0 Å². The van der Waals surface area contributed by atoms with Gasteiger partial charge in [-0.05, 0) is 0 Å². The zero-order chi connectivity index (χ0) is 10.7. The van der Waals surface area contributed by atoms with Crippen molar-refractivity contribution in [3.63, 3.8) is 0 Å². The SMILES string of the molecule is N#[C][Fe-4]([C]#N)([C]#N)([C]#N)([C]#N)[C]#N.[Cl-].[K+].[K+].[K+].[K+].[K+].[NaH]. The molecule has 0 bridgehead atoms. The molecule has 0 saturated heterocycles. The molecule has 0 unspecified atom stereocenters. The second kappa shape index (κ2) is 20.7. The van der Waals surface area contributed by atoms with Gasteiger partial charge in [-0.2, -0.15) is 0 Å². The van der Waals surface area contributed by atoms with Gasteiger partial charge in [-0.25, -0.2) is 0 Å². The number of halogens is 1. The van der Waals surface area contributed by atoms with E-state index in [1.807, 2.05) is 0 Å². The maximum absolute atomic E-state index is 8.58. The molecular weight excluding hydrogens is 466 g/mol. The van der Waals surface area contributed by atoms with Crippen LogP contribution in [0, 0.1) is 61.4 Å². The first-order chi connectivity index (χ1) is 5.97. The summed E-state index contributed by atoms with van der Waals surface area (Å²) in [6, 6.07) is 0. The Labute approximate surface area is 358 Å². The van der Waals surface area contributed by atoms with Crippen molar-refractivity contribution >= 4 is 29.6 Å². The Morgan fingerprint density at radius 1 is 0.450 bits per heavy atom. The van der Waals surface area contributed by atoms with Gasteiger partial charge >= 0.3 is 359 Å². The van der Waals surface area contributed by atoms with Gasteiger partial charge in [0.1, 0.15) is 0 Å². The Morgan fingerprint density at radius 2 is 0.550 bits per heavy atom. The average molecular weight is 467 g/mol. The second-order valence-corrected chi connectivity index (χ2v) is 7.42. The number of nitriles is 6. The number of hydrogen-bond acceptors (Lipinski definition) is 6. The molecule has 0 radical (unpaired) electrons. The van der Waals surface area contributed by atoms with Crippen LogP contribution in [0.2, 0.25) is 0 Å². The van der Waals surface area contributed by atoms with Crippen LogP contribution in [-0.4, -0.2) is 29.6 Å². The van der Waals surface area contributed by atoms with E-state index >= 15 is 0 Å². The van der Waals surface area contributed by atoms with E-state index in [1.54, 1.807) is 0 Å². The van der Waals surface area contributed by atoms with Gasteiger partial charge in [0.05, 0.1) is 0 Å². The van der Waals surface area contributed by atoms with Crippen molar-refractivity contribution < 1.29 is 280 Å². The van der Waals surface area contributed by atoms with E-state index in [0.29, 0.717) is 0 Å². The third-order valence-corrected chi connectivity index (χ3v) is 4.89. The molecule has 0 N–H and O–H groups in total.